The normalized spacial score (nSPS) is 8.29. The number of hydrogen-bond acceptors (Lipinski definition) is 2. The van der Waals surface area contributed by atoms with Crippen LogP contribution in [0.15, 0.2) is 0 Å². The first-order chi connectivity index (χ1) is 3.18. The molecule has 0 saturated carbocycles. The van der Waals surface area contributed by atoms with Crippen LogP contribution in [-0.2, 0) is 0 Å². The van der Waals surface area contributed by atoms with Crippen LogP contribution in [0, 0.1) is 5.41 Å². The van der Waals surface area contributed by atoms with Gasteiger partial charge >= 0.3 is 0 Å². The van der Waals surface area contributed by atoms with Crippen molar-refractivity contribution in [3.05, 3.63) is 0 Å². The van der Waals surface area contributed by atoms with Gasteiger partial charge in [0.2, 0.25) is 5.96 Å². The topological polar surface area (TPSA) is 73.3 Å². The van der Waals surface area contributed by atoms with E-state index in [0.29, 0.717) is 11.6 Å². The average molecular weight is 103 g/mol. The van der Waals surface area contributed by atoms with E-state index in [1.165, 1.54) is 0 Å². The summed E-state index contributed by atoms with van der Waals surface area (Å²) >= 11 is 0. The maximum absolute atomic E-state index is 8.42. The summed E-state index contributed by atoms with van der Waals surface area (Å²) in [7, 11) is 0. The Hall–Kier alpha value is -0.770. The van der Waals surface area contributed by atoms with Crippen LogP contribution in [0.5, 0.6) is 0 Å². The van der Waals surface area contributed by atoms with Crippen molar-refractivity contribution in [1.29, 1.82) is 5.41 Å². The predicted molar refractivity (Wildman–Crippen MR) is 26.1 cm³/mol. The standard InChI is InChI=1S/C3H9N3O/c1-2-6(7)3(4)5/h7H,2H2,1H3,(H3,4,5). The minimum Gasteiger partial charge on any atom is -0.368 e. The first-order valence-corrected chi connectivity index (χ1v) is 1.99. The van der Waals surface area contributed by atoms with Gasteiger partial charge in [-0.15, -0.1) is 0 Å². The fraction of sp³-hybridized carbons (Fsp3) is 0.667. The number of rotatable bonds is 1. The van der Waals surface area contributed by atoms with Gasteiger partial charge in [-0.3, -0.25) is 10.6 Å². The lowest BCUT2D eigenvalue weighted by Crippen LogP contribution is -2.32. The molecule has 0 aliphatic heterocycles. The minimum absolute atomic E-state index is 0.317. The maximum Gasteiger partial charge on any atom is 0.212 e. The van der Waals surface area contributed by atoms with Gasteiger partial charge in [0.15, 0.2) is 0 Å². The van der Waals surface area contributed by atoms with Crippen molar-refractivity contribution in [2.75, 3.05) is 6.54 Å². The highest BCUT2D eigenvalue weighted by Crippen LogP contribution is 1.72. The van der Waals surface area contributed by atoms with E-state index in [2.05, 4.69) is 0 Å². The number of hydroxylamine groups is 2. The fourth-order valence-corrected chi connectivity index (χ4v) is 0.170. The van der Waals surface area contributed by atoms with E-state index >= 15 is 0 Å². The molecule has 0 radical (unpaired) electrons. The molecule has 0 fully saturated rings. The van der Waals surface area contributed by atoms with E-state index in [0.717, 1.165) is 0 Å². The van der Waals surface area contributed by atoms with Gasteiger partial charge in [0, 0.05) is 6.54 Å². The third-order valence-electron chi connectivity index (χ3n) is 0.578. The highest BCUT2D eigenvalue weighted by Gasteiger charge is 1.92. The Labute approximate surface area is 42.0 Å². The summed E-state index contributed by atoms with van der Waals surface area (Å²) in [5.41, 5.74) is 4.81. The van der Waals surface area contributed by atoms with Crippen LogP contribution in [0.4, 0.5) is 0 Å². The molecule has 0 aliphatic rings. The summed E-state index contributed by atoms with van der Waals surface area (Å²) < 4.78 is 0. The molecule has 0 spiro atoms. The first kappa shape index (κ1) is 6.23. The minimum atomic E-state index is -0.317. The zero-order chi connectivity index (χ0) is 5.86. The Morgan fingerprint density at radius 3 is 2.43 bits per heavy atom. The van der Waals surface area contributed by atoms with Crippen molar-refractivity contribution in [3.8, 4) is 0 Å². The summed E-state index contributed by atoms with van der Waals surface area (Å²) in [6, 6.07) is 0. The van der Waals surface area contributed by atoms with Crippen molar-refractivity contribution < 1.29 is 5.21 Å². The third-order valence-corrected chi connectivity index (χ3v) is 0.578. The number of hydrogen-bond donors (Lipinski definition) is 3. The Morgan fingerprint density at radius 1 is 2.00 bits per heavy atom. The maximum atomic E-state index is 8.42. The highest BCUT2D eigenvalue weighted by molar-refractivity contribution is 5.73. The quantitative estimate of drug-likeness (QED) is 0.240. The molecule has 0 aliphatic carbocycles. The van der Waals surface area contributed by atoms with Gasteiger partial charge in [-0.2, -0.15) is 0 Å². The molecule has 4 N–H and O–H groups in total. The van der Waals surface area contributed by atoms with Crippen LogP contribution in [0.3, 0.4) is 0 Å². The van der Waals surface area contributed by atoms with Gasteiger partial charge < -0.3 is 5.73 Å². The molecule has 0 aromatic heterocycles. The van der Waals surface area contributed by atoms with E-state index < -0.39 is 0 Å². The second kappa shape index (κ2) is 2.41. The van der Waals surface area contributed by atoms with E-state index in [9.17, 15) is 0 Å². The SMILES string of the molecule is CCN(O)C(=N)N. The second-order valence-corrected chi connectivity index (χ2v) is 1.10. The molecular weight excluding hydrogens is 94.1 g/mol. The zero-order valence-corrected chi connectivity index (χ0v) is 4.18. The van der Waals surface area contributed by atoms with Crippen molar-refractivity contribution in [2.45, 2.75) is 6.92 Å². The van der Waals surface area contributed by atoms with Gasteiger partial charge in [0.25, 0.3) is 0 Å². The molecule has 0 amide bonds. The van der Waals surface area contributed by atoms with Gasteiger partial charge in [-0.1, -0.05) is 0 Å². The van der Waals surface area contributed by atoms with E-state index in [1.54, 1.807) is 6.92 Å². The van der Waals surface area contributed by atoms with E-state index in [4.69, 9.17) is 16.4 Å². The Balaban J connectivity index is 3.34. The van der Waals surface area contributed by atoms with Crippen LogP contribution in [0.1, 0.15) is 6.92 Å². The molecule has 0 bridgehead atoms. The number of nitrogens with zero attached hydrogens (tertiary/aromatic N) is 1. The second-order valence-electron chi connectivity index (χ2n) is 1.10. The summed E-state index contributed by atoms with van der Waals surface area (Å²) in [5, 5.41) is 15.6. The molecule has 0 aromatic carbocycles. The van der Waals surface area contributed by atoms with Gasteiger partial charge in [0.1, 0.15) is 0 Å². The monoisotopic (exact) mass is 103 g/mol. The van der Waals surface area contributed by atoms with Crippen molar-refractivity contribution in [1.82, 2.24) is 5.06 Å². The molecule has 4 nitrogen and oxygen atoms in total. The van der Waals surface area contributed by atoms with Gasteiger partial charge in [-0.05, 0) is 6.92 Å². The molecule has 7 heavy (non-hydrogen) atoms. The predicted octanol–water partition coefficient (Wildman–Crippen LogP) is -0.409. The largest absolute Gasteiger partial charge is 0.368 e. The number of nitrogens with one attached hydrogen (secondary N) is 1. The van der Waals surface area contributed by atoms with Gasteiger partial charge in [-0.25, -0.2) is 5.06 Å². The number of nitrogens with two attached hydrogens (primary N) is 1. The lowest BCUT2D eigenvalue weighted by atomic mass is 10.7. The van der Waals surface area contributed by atoms with E-state index in [-0.39, 0.29) is 5.96 Å². The zero-order valence-electron chi connectivity index (χ0n) is 4.18. The molecule has 0 atom stereocenters. The molecule has 0 unspecified atom stereocenters. The van der Waals surface area contributed by atoms with Crippen LogP contribution in [0.25, 0.3) is 0 Å². The first-order valence-electron chi connectivity index (χ1n) is 1.99. The van der Waals surface area contributed by atoms with Crippen molar-refractivity contribution in [2.24, 2.45) is 5.73 Å². The molecule has 0 heterocycles. The molecule has 0 aromatic rings. The third kappa shape index (κ3) is 1.99. The van der Waals surface area contributed by atoms with Crippen LogP contribution in [-0.4, -0.2) is 22.8 Å². The van der Waals surface area contributed by atoms with Crippen LogP contribution >= 0.6 is 0 Å². The summed E-state index contributed by atoms with van der Waals surface area (Å²) in [5.74, 6) is -0.317. The lowest BCUT2D eigenvalue weighted by Gasteiger charge is -2.08. The molecular formula is C3H9N3O. The van der Waals surface area contributed by atoms with Crippen molar-refractivity contribution >= 4 is 5.96 Å². The van der Waals surface area contributed by atoms with Crippen LogP contribution in [0.2, 0.25) is 0 Å². The molecule has 0 saturated heterocycles. The number of guanidine groups is 1. The Kier molecular flexibility index (Phi) is 2.15. The lowest BCUT2D eigenvalue weighted by molar-refractivity contribution is -0.0117. The molecule has 42 valence electrons. The van der Waals surface area contributed by atoms with Crippen LogP contribution < -0.4 is 5.73 Å². The summed E-state index contributed by atoms with van der Waals surface area (Å²) in [6.45, 7) is 2.05. The summed E-state index contributed by atoms with van der Waals surface area (Å²) in [6.07, 6.45) is 0. The molecule has 0 rings (SSSR count). The van der Waals surface area contributed by atoms with Crippen molar-refractivity contribution in [3.63, 3.8) is 0 Å². The highest BCUT2D eigenvalue weighted by atomic mass is 16.5. The Morgan fingerprint density at radius 2 is 2.43 bits per heavy atom. The average Bonchev–Trinajstić information content (AvgIpc) is 1.65. The van der Waals surface area contributed by atoms with Gasteiger partial charge in [0.05, 0.1) is 0 Å². The summed E-state index contributed by atoms with van der Waals surface area (Å²) in [4.78, 5) is 0. The smallest absolute Gasteiger partial charge is 0.212 e. The van der Waals surface area contributed by atoms with E-state index in [1.807, 2.05) is 0 Å². The Bertz CT molecular complexity index is 72.6. The molecule has 4 heteroatoms. The fourth-order valence-electron chi connectivity index (χ4n) is 0.170.